The van der Waals surface area contributed by atoms with Crippen LogP contribution in [0.1, 0.15) is 25.8 Å². The molecule has 1 aromatic rings. The maximum atomic E-state index is 11.9. The van der Waals surface area contributed by atoms with Gasteiger partial charge in [-0.05, 0) is 17.9 Å². The number of nitrogens with two attached hydrogens (primary N) is 1. The van der Waals surface area contributed by atoms with Crippen molar-refractivity contribution in [2.75, 3.05) is 0 Å². The van der Waals surface area contributed by atoms with Crippen LogP contribution in [0.15, 0.2) is 24.3 Å². The summed E-state index contributed by atoms with van der Waals surface area (Å²) < 4.78 is 0. The first kappa shape index (κ1) is 18.6. The van der Waals surface area contributed by atoms with Crippen LogP contribution in [0.2, 0.25) is 0 Å². The molecule has 1 aromatic carbocycles. The Morgan fingerprint density at radius 3 is 2.30 bits per heavy atom. The van der Waals surface area contributed by atoms with Crippen LogP contribution in [-0.4, -0.2) is 34.0 Å². The number of nitrogens with one attached hydrogen (secondary N) is 1. The Bertz CT molecular complexity index is 571. The van der Waals surface area contributed by atoms with E-state index in [4.69, 9.17) is 5.73 Å². The van der Waals surface area contributed by atoms with Crippen LogP contribution in [-0.2, 0) is 16.0 Å². The van der Waals surface area contributed by atoms with Gasteiger partial charge in [-0.1, -0.05) is 26.0 Å². The first-order valence-electron chi connectivity index (χ1n) is 7.21. The molecule has 23 heavy (non-hydrogen) atoms. The van der Waals surface area contributed by atoms with Crippen molar-refractivity contribution < 1.29 is 19.6 Å². The molecule has 126 valence electrons. The van der Waals surface area contributed by atoms with E-state index in [1.54, 1.807) is 0 Å². The number of carbonyl (C=O) groups is 2. The standard InChI is InChI=1S/C15H21N3O5/c1-9(2)7-13(19)15(21)17-12(14(16)20)8-10-3-5-11(6-4-10)18(22)23/h3-6,9,12-13,19H,7-8H2,1-2H3,(H2,16,20)(H,17,21)/t12-,13+/m0/s1. The molecule has 0 aliphatic carbocycles. The fourth-order valence-electron chi connectivity index (χ4n) is 2.03. The molecule has 0 bridgehead atoms. The van der Waals surface area contributed by atoms with Gasteiger partial charge in [0.25, 0.3) is 5.69 Å². The minimum absolute atomic E-state index is 0.0687. The van der Waals surface area contributed by atoms with Gasteiger partial charge in [-0.15, -0.1) is 0 Å². The van der Waals surface area contributed by atoms with Crippen LogP contribution in [0, 0.1) is 16.0 Å². The summed E-state index contributed by atoms with van der Waals surface area (Å²) in [5.74, 6) is -1.28. The van der Waals surface area contributed by atoms with Gasteiger partial charge in [-0.3, -0.25) is 19.7 Å². The van der Waals surface area contributed by atoms with E-state index in [0.717, 1.165) is 0 Å². The number of nitro groups is 1. The molecule has 0 unspecified atom stereocenters. The van der Waals surface area contributed by atoms with Crippen molar-refractivity contribution in [3.8, 4) is 0 Å². The molecule has 0 heterocycles. The first-order valence-corrected chi connectivity index (χ1v) is 7.21. The number of amides is 2. The lowest BCUT2D eigenvalue weighted by Gasteiger charge is -2.19. The molecule has 0 saturated heterocycles. The largest absolute Gasteiger partial charge is 0.383 e. The highest BCUT2D eigenvalue weighted by Gasteiger charge is 2.23. The second-order valence-electron chi connectivity index (χ2n) is 5.74. The van der Waals surface area contributed by atoms with Gasteiger partial charge in [0.2, 0.25) is 11.8 Å². The lowest BCUT2D eigenvalue weighted by atomic mass is 10.0. The van der Waals surface area contributed by atoms with E-state index in [1.165, 1.54) is 24.3 Å². The molecular formula is C15H21N3O5. The van der Waals surface area contributed by atoms with Crippen molar-refractivity contribution in [1.82, 2.24) is 5.32 Å². The zero-order valence-electron chi connectivity index (χ0n) is 13.1. The Morgan fingerprint density at radius 1 is 1.30 bits per heavy atom. The minimum atomic E-state index is -1.21. The van der Waals surface area contributed by atoms with Crippen molar-refractivity contribution in [2.24, 2.45) is 11.7 Å². The molecule has 0 spiro atoms. The fourth-order valence-corrected chi connectivity index (χ4v) is 2.03. The number of aliphatic hydroxyl groups excluding tert-OH is 1. The van der Waals surface area contributed by atoms with Crippen molar-refractivity contribution in [3.05, 3.63) is 39.9 Å². The Hall–Kier alpha value is -2.48. The van der Waals surface area contributed by atoms with Crippen LogP contribution < -0.4 is 11.1 Å². The number of hydrogen-bond donors (Lipinski definition) is 3. The zero-order chi connectivity index (χ0) is 17.6. The number of primary amides is 1. The van der Waals surface area contributed by atoms with E-state index in [0.29, 0.717) is 5.56 Å². The third-order valence-corrected chi connectivity index (χ3v) is 3.24. The molecule has 0 aliphatic heterocycles. The molecule has 4 N–H and O–H groups in total. The van der Waals surface area contributed by atoms with Gasteiger partial charge in [0.1, 0.15) is 12.1 Å². The Labute approximate surface area is 133 Å². The summed E-state index contributed by atoms with van der Waals surface area (Å²) in [5.41, 5.74) is 5.81. The van der Waals surface area contributed by atoms with E-state index >= 15 is 0 Å². The molecule has 0 fully saturated rings. The van der Waals surface area contributed by atoms with Gasteiger partial charge in [-0.2, -0.15) is 0 Å². The third-order valence-electron chi connectivity index (χ3n) is 3.24. The maximum Gasteiger partial charge on any atom is 0.269 e. The summed E-state index contributed by atoms with van der Waals surface area (Å²) in [6.45, 7) is 3.72. The SMILES string of the molecule is CC(C)C[C@@H](O)C(=O)N[C@@H](Cc1ccc([N+](=O)[O-])cc1)C(N)=O. The Balaban J connectivity index is 2.73. The number of hydrogen-bond acceptors (Lipinski definition) is 5. The number of non-ortho nitro benzene ring substituents is 1. The van der Waals surface area contributed by atoms with Crippen LogP contribution in [0.4, 0.5) is 5.69 Å². The highest BCUT2D eigenvalue weighted by molar-refractivity contribution is 5.88. The van der Waals surface area contributed by atoms with Gasteiger partial charge >= 0.3 is 0 Å². The topological polar surface area (TPSA) is 136 Å². The van der Waals surface area contributed by atoms with Crippen LogP contribution >= 0.6 is 0 Å². The highest BCUT2D eigenvalue weighted by Crippen LogP contribution is 2.13. The van der Waals surface area contributed by atoms with Gasteiger partial charge in [0, 0.05) is 18.6 Å². The molecule has 2 atom stereocenters. The molecule has 8 nitrogen and oxygen atoms in total. The number of benzene rings is 1. The van der Waals surface area contributed by atoms with Gasteiger partial charge in [0.15, 0.2) is 0 Å². The molecule has 2 amide bonds. The van der Waals surface area contributed by atoms with Gasteiger partial charge in [-0.25, -0.2) is 0 Å². The second-order valence-corrected chi connectivity index (χ2v) is 5.74. The summed E-state index contributed by atoms with van der Waals surface area (Å²) in [7, 11) is 0. The molecular weight excluding hydrogens is 302 g/mol. The van der Waals surface area contributed by atoms with Gasteiger partial charge < -0.3 is 16.2 Å². The van der Waals surface area contributed by atoms with E-state index in [1.807, 2.05) is 13.8 Å². The third kappa shape index (κ3) is 6.03. The number of nitro benzene ring substituents is 1. The number of rotatable bonds is 8. The van der Waals surface area contributed by atoms with Crippen molar-refractivity contribution in [1.29, 1.82) is 0 Å². The molecule has 0 radical (unpaired) electrons. The zero-order valence-corrected chi connectivity index (χ0v) is 13.1. The summed E-state index contributed by atoms with van der Waals surface area (Å²) >= 11 is 0. The summed E-state index contributed by atoms with van der Waals surface area (Å²) in [4.78, 5) is 33.4. The predicted octanol–water partition coefficient (Wildman–Crippen LogP) is 0.514. The van der Waals surface area contributed by atoms with Crippen molar-refractivity contribution in [2.45, 2.75) is 38.8 Å². The summed E-state index contributed by atoms with van der Waals surface area (Å²) in [6.07, 6.45) is -0.851. The van der Waals surface area contributed by atoms with Gasteiger partial charge in [0.05, 0.1) is 4.92 Å². The smallest absolute Gasteiger partial charge is 0.269 e. The van der Waals surface area contributed by atoms with E-state index in [-0.39, 0.29) is 24.4 Å². The minimum Gasteiger partial charge on any atom is -0.383 e. The quantitative estimate of drug-likeness (QED) is 0.473. The molecule has 0 aliphatic rings. The summed E-state index contributed by atoms with van der Waals surface area (Å²) in [5, 5.41) is 22.8. The Kier molecular flexibility index (Phi) is 6.65. The second kappa shape index (κ2) is 8.23. The van der Waals surface area contributed by atoms with E-state index in [2.05, 4.69) is 5.32 Å². The molecule has 0 aromatic heterocycles. The van der Waals surface area contributed by atoms with Crippen LogP contribution in [0.3, 0.4) is 0 Å². The number of aliphatic hydroxyl groups is 1. The average molecular weight is 323 g/mol. The first-order chi connectivity index (χ1) is 10.7. The predicted molar refractivity (Wildman–Crippen MR) is 83.4 cm³/mol. The number of carbonyl (C=O) groups excluding carboxylic acids is 2. The highest BCUT2D eigenvalue weighted by atomic mass is 16.6. The lowest BCUT2D eigenvalue weighted by molar-refractivity contribution is -0.384. The van der Waals surface area contributed by atoms with E-state index < -0.39 is 28.9 Å². The number of nitrogens with zero attached hydrogens (tertiary/aromatic N) is 1. The molecule has 8 heteroatoms. The lowest BCUT2D eigenvalue weighted by Crippen LogP contribution is -2.49. The molecule has 1 rings (SSSR count). The van der Waals surface area contributed by atoms with Crippen molar-refractivity contribution >= 4 is 17.5 Å². The summed E-state index contributed by atoms with van der Waals surface area (Å²) in [6, 6.07) is 4.60. The fraction of sp³-hybridized carbons (Fsp3) is 0.467. The Morgan fingerprint density at radius 2 is 1.87 bits per heavy atom. The van der Waals surface area contributed by atoms with Crippen molar-refractivity contribution in [3.63, 3.8) is 0 Å². The monoisotopic (exact) mass is 323 g/mol. The van der Waals surface area contributed by atoms with Crippen LogP contribution in [0.5, 0.6) is 0 Å². The normalized spacial score (nSPS) is 13.4. The van der Waals surface area contributed by atoms with E-state index in [9.17, 15) is 24.8 Å². The van der Waals surface area contributed by atoms with Crippen LogP contribution in [0.25, 0.3) is 0 Å². The maximum absolute atomic E-state index is 11.9. The average Bonchev–Trinajstić information content (AvgIpc) is 2.46. The molecule has 0 saturated carbocycles.